The first-order valence-electron chi connectivity index (χ1n) is 9.08. The van der Waals surface area contributed by atoms with Gasteiger partial charge in [-0.15, -0.1) is 0 Å². The van der Waals surface area contributed by atoms with Crippen molar-refractivity contribution in [2.24, 2.45) is 4.99 Å². The average Bonchev–Trinajstić information content (AvgIpc) is 3.13. The quantitative estimate of drug-likeness (QED) is 0.639. The third kappa shape index (κ3) is 3.97. The van der Waals surface area contributed by atoms with Gasteiger partial charge in [0.05, 0.1) is 23.6 Å². The number of anilines is 1. The van der Waals surface area contributed by atoms with Crippen molar-refractivity contribution < 1.29 is 13.6 Å². The standard InChI is InChI=1S/C21H16ClF2N3O2S/c1-11-20(30-10-25-11)21(29)27(14-4-2-3-13(22)6-14)9-12-5-19(28)26-18-8-17(24)16(23)7-15(12)18/h2-8,10-11,20H,9H2,1H3,(H,26,28). The maximum absolute atomic E-state index is 13.9. The van der Waals surface area contributed by atoms with Crippen LogP contribution in [0.15, 0.2) is 52.3 Å². The molecule has 5 nitrogen and oxygen atoms in total. The first-order chi connectivity index (χ1) is 14.3. The molecule has 0 saturated carbocycles. The Labute approximate surface area is 179 Å². The number of aliphatic imine (C=N–C) groups is 1. The fourth-order valence-corrected chi connectivity index (χ4v) is 4.49. The van der Waals surface area contributed by atoms with Crippen LogP contribution in [0.5, 0.6) is 0 Å². The van der Waals surface area contributed by atoms with Crippen LogP contribution >= 0.6 is 23.4 Å². The summed E-state index contributed by atoms with van der Waals surface area (Å²) in [5, 5.41) is 0.320. The molecule has 4 rings (SSSR count). The molecule has 0 fully saturated rings. The number of carbonyl (C=O) groups is 1. The minimum atomic E-state index is -1.06. The molecule has 30 heavy (non-hydrogen) atoms. The number of nitrogens with one attached hydrogen (secondary N) is 1. The summed E-state index contributed by atoms with van der Waals surface area (Å²) in [6.07, 6.45) is 0. The Kier molecular flexibility index (Phi) is 5.62. The van der Waals surface area contributed by atoms with E-state index in [2.05, 4.69) is 9.98 Å². The second kappa shape index (κ2) is 8.20. The van der Waals surface area contributed by atoms with Crippen molar-refractivity contribution in [1.82, 2.24) is 4.98 Å². The number of H-pyrrole nitrogens is 1. The SMILES string of the molecule is CC1N=CSC1C(=O)N(Cc1cc(=O)[nH]c2cc(F)c(F)cc12)c1cccc(Cl)c1. The van der Waals surface area contributed by atoms with Crippen molar-refractivity contribution in [2.45, 2.75) is 24.8 Å². The molecule has 2 unspecified atom stereocenters. The number of hydrogen-bond acceptors (Lipinski definition) is 4. The summed E-state index contributed by atoms with van der Waals surface area (Å²) in [6.45, 7) is 1.82. The number of aromatic amines is 1. The maximum Gasteiger partial charge on any atom is 0.248 e. The van der Waals surface area contributed by atoms with Crippen LogP contribution in [0.4, 0.5) is 14.5 Å². The number of carbonyl (C=O) groups excluding carboxylic acids is 1. The molecule has 1 amide bonds. The molecule has 0 radical (unpaired) electrons. The summed E-state index contributed by atoms with van der Waals surface area (Å²) in [5.41, 5.74) is 2.24. The van der Waals surface area contributed by atoms with Gasteiger partial charge in [-0.2, -0.15) is 0 Å². The molecule has 1 N–H and O–H groups in total. The molecular formula is C21H16ClF2N3O2S. The number of benzene rings is 2. The second-order valence-electron chi connectivity index (χ2n) is 6.93. The van der Waals surface area contributed by atoms with Crippen molar-refractivity contribution in [3.05, 3.63) is 75.0 Å². The molecule has 1 aliphatic heterocycles. The molecular weight excluding hydrogens is 432 g/mol. The van der Waals surface area contributed by atoms with E-state index in [1.807, 2.05) is 6.92 Å². The highest BCUT2D eigenvalue weighted by molar-refractivity contribution is 8.13. The van der Waals surface area contributed by atoms with Gasteiger partial charge in [-0.3, -0.25) is 14.6 Å². The molecule has 2 heterocycles. The Morgan fingerprint density at radius 1 is 1.23 bits per heavy atom. The topological polar surface area (TPSA) is 65.5 Å². The van der Waals surface area contributed by atoms with Crippen LogP contribution in [0.3, 0.4) is 0 Å². The summed E-state index contributed by atoms with van der Waals surface area (Å²) in [7, 11) is 0. The first kappa shape index (κ1) is 20.6. The van der Waals surface area contributed by atoms with Crippen LogP contribution in [0.25, 0.3) is 10.9 Å². The van der Waals surface area contributed by atoms with Crippen molar-refractivity contribution >= 4 is 51.4 Å². The van der Waals surface area contributed by atoms with Gasteiger partial charge in [0.15, 0.2) is 11.6 Å². The molecule has 2 aromatic carbocycles. The smallest absolute Gasteiger partial charge is 0.248 e. The van der Waals surface area contributed by atoms with Gasteiger partial charge in [0.25, 0.3) is 0 Å². The van der Waals surface area contributed by atoms with Gasteiger partial charge in [-0.25, -0.2) is 8.78 Å². The number of thioether (sulfide) groups is 1. The molecule has 9 heteroatoms. The molecule has 0 spiro atoms. The van der Waals surface area contributed by atoms with Crippen LogP contribution in [0, 0.1) is 11.6 Å². The van der Waals surface area contributed by atoms with E-state index in [9.17, 15) is 18.4 Å². The van der Waals surface area contributed by atoms with E-state index in [1.54, 1.807) is 29.8 Å². The number of pyridine rings is 1. The van der Waals surface area contributed by atoms with E-state index < -0.39 is 22.4 Å². The molecule has 0 bridgehead atoms. The Morgan fingerprint density at radius 2 is 2.00 bits per heavy atom. The molecule has 3 aromatic rings. The number of hydrogen-bond donors (Lipinski definition) is 1. The lowest BCUT2D eigenvalue weighted by atomic mass is 10.1. The zero-order valence-corrected chi connectivity index (χ0v) is 17.3. The van der Waals surface area contributed by atoms with Gasteiger partial charge < -0.3 is 9.88 Å². The van der Waals surface area contributed by atoms with Gasteiger partial charge in [0.1, 0.15) is 5.25 Å². The number of amides is 1. The van der Waals surface area contributed by atoms with Crippen molar-refractivity contribution in [1.29, 1.82) is 0 Å². The minimum absolute atomic E-state index is 0.0194. The second-order valence-corrected chi connectivity index (χ2v) is 8.35. The maximum atomic E-state index is 13.9. The van der Waals surface area contributed by atoms with Crippen LogP contribution in [-0.2, 0) is 11.3 Å². The number of nitrogens with zero attached hydrogens (tertiary/aromatic N) is 2. The van der Waals surface area contributed by atoms with Gasteiger partial charge in [0.2, 0.25) is 11.5 Å². The lowest BCUT2D eigenvalue weighted by Gasteiger charge is -2.27. The average molecular weight is 448 g/mol. The summed E-state index contributed by atoms with van der Waals surface area (Å²) in [4.78, 5) is 33.7. The zero-order valence-electron chi connectivity index (χ0n) is 15.7. The molecule has 0 saturated heterocycles. The van der Waals surface area contributed by atoms with Crippen LogP contribution in [0.1, 0.15) is 12.5 Å². The number of fused-ring (bicyclic) bond motifs is 1. The fraction of sp³-hybridized carbons (Fsp3) is 0.190. The van der Waals surface area contributed by atoms with Crippen LogP contribution in [0.2, 0.25) is 5.02 Å². The third-order valence-electron chi connectivity index (χ3n) is 4.87. The van der Waals surface area contributed by atoms with Crippen LogP contribution in [-0.4, -0.2) is 27.7 Å². The Bertz CT molecular complexity index is 1230. The highest BCUT2D eigenvalue weighted by atomic mass is 35.5. The Hall–Kier alpha value is -2.71. The van der Waals surface area contributed by atoms with E-state index in [1.165, 1.54) is 22.7 Å². The third-order valence-corrected chi connectivity index (χ3v) is 6.24. The monoisotopic (exact) mass is 447 g/mol. The lowest BCUT2D eigenvalue weighted by molar-refractivity contribution is -0.118. The van der Waals surface area contributed by atoms with E-state index in [0.717, 1.165) is 12.1 Å². The zero-order chi connectivity index (χ0) is 21.4. The molecule has 1 aromatic heterocycles. The lowest BCUT2D eigenvalue weighted by Crippen LogP contribution is -2.40. The molecule has 154 valence electrons. The highest BCUT2D eigenvalue weighted by Gasteiger charge is 2.33. The normalized spacial score (nSPS) is 18.1. The predicted octanol–water partition coefficient (Wildman–Crippen LogP) is 4.53. The van der Waals surface area contributed by atoms with E-state index in [4.69, 9.17) is 11.6 Å². The number of aromatic nitrogens is 1. The van der Waals surface area contributed by atoms with Gasteiger partial charge in [-0.1, -0.05) is 29.4 Å². The van der Waals surface area contributed by atoms with Crippen molar-refractivity contribution in [3.8, 4) is 0 Å². The van der Waals surface area contributed by atoms with Crippen molar-refractivity contribution in [3.63, 3.8) is 0 Å². The first-order valence-corrected chi connectivity index (χ1v) is 10.4. The van der Waals surface area contributed by atoms with Crippen molar-refractivity contribution in [2.75, 3.05) is 4.90 Å². The van der Waals surface area contributed by atoms with Crippen LogP contribution < -0.4 is 10.5 Å². The summed E-state index contributed by atoms with van der Waals surface area (Å²) < 4.78 is 27.6. The van der Waals surface area contributed by atoms with E-state index >= 15 is 0 Å². The number of halogens is 3. The Morgan fingerprint density at radius 3 is 2.70 bits per heavy atom. The Balaban J connectivity index is 1.82. The summed E-state index contributed by atoms with van der Waals surface area (Å²) >= 11 is 7.44. The fourth-order valence-electron chi connectivity index (χ4n) is 3.37. The van der Waals surface area contributed by atoms with Gasteiger partial charge >= 0.3 is 0 Å². The predicted molar refractivity (Wildman–Crippen MR) is 116 cm³/mol. The molecule has 0 aliphatic carbocycles. The largest absolute Gasteiger partial charge is 0.322 e. The van der Waals surface area contributed by atoms with E-state index in [-0.39, 0.29) is 24.0 Å². The molecule has 2 atom stereocenters. The van der Waals surface area contributed by atoms with E-state index in [0.29, 0.717) is 21.7 Å². The van der Waals surface area contributed by atoms with Gasteiger partial charge in [-0.05, 0) is 36.8 Å². The molecule has 1 aliphatic rings. The number of rotatable bonds is 4. The summed E-state index contributed by atoms with van der Waals surface area (Å²) in [5.74, 6) is -2.32. The van der Waals surface area contributed by atoms with Gasteiger partial charge in [0, 0.05) is 28.2 Å². The summed E-state index contributed by atoms with van der Waals surface area (Å²) in [6, 6.07) is 9.79. The highest BCUT2D eigenvalue weighted by Crippen LogP contribution is 2.30. The minimum Gasteiger partial charge on any atom is -0.322 e.